The molecule has 2 aromatic rings. The van der Waals surface area contributed by atoms with Crippen molar-refractivity contribution in [1.82, 2.24) is 14.7 Å². The van der Waals surface area contributed by atoms with E-state index in [0.29, 0.717) is 12.5 Å². The molecular weight excluding hydrogens is 214 g/mol. The molecule has 1 saturated carbocycles. The third-order valence-corrected chi connectivity index (χ3v) is 3.01. The van der Waals surface area contributed by atoms with Crippen LogP contribution in [0.3, 0.4) is 0 Å². The van der Waals surface area contributed by atoms with Gasteiger partial charge in [0.05, 0.1) is 12.1 Å². The predicted molar refractivity (Wildman–Crippen MR) is 64.8 cm³/mol. The summed E-state index contributed by atoms with van der Waals surface area (Å²) in [5.74, 6) is 0.0774. The lowest BCUT2D eigenvalue weighted by Gasteiger charge is -1.99. The Balaban J connectivity index is 1.80. The monoisotopic (exact) mass is 229 g/mol. The van der Waals surface area contributed by atoms with E-state index < -0.39 is 0 Å². The van der Waals surface area contributed by atoms with Crippen molar-refractivity contribution in [3.05, 3.63) is 35.8 Å². The molecule has 17 heavy (non-hydrogen) atoms. The molecule has 0 atom stereocenters. The SMILES string of the molecule is Cc1cccn2cc(CC(=O)NC3CC3)nc12. The van der Waals surface area contributed by atoms with Gasteiger partial charge in [-0.25, -0.2) is 4.98 Å². The number of nitrogens with zero attached hydrogens (tertiary/aromatic N) is 2. The first-order chi connectivity index (χ1) is 8.22. The van der Waals surface area contributed by atoms with Crippen LogP contribution in [-0.2, 0) is 11.2 Å². The third kappa shape index (κ3) is 2.16. The van der Waals surface area contributed by atoms with Crippen LogP contribution in [0.5, 0.6) is 0 Å². The zero-order valence-corrected chi connectivity index (χ0v) is 9.81. The largest absolute Gasteiger partial charge is 0.353 e. The molecule has 0 aliphatic heterocycles. The van der Waals surface area contributed by atoms with Crippen LogP contribution in [0, 0.1) is 6.92 Å². The molecule has 1 N–H and O–H groups in total. The van der Waals surface area contributed by atoms with E-state index in [1.54, 1.807) is 0 Å². The lowest BCUT2D eigenvalue weighted by Crippen LogP contribution is -2.27. The summed E-state index contributed by atoms with van der Waals surface area (Å²) in [7, 11) is 0. The maximum atomic E-state index is 11.7. The van der Waals surface area contributed by atoms with E-state index in [4.69, 9.17) is 0 Å². The summed E-state index contributed by atoms with van der Waals surface area (Å²) in [4.78, 5) is 16.1. The lowest BCUT2D eigenvalue weighted by atomic mass is 10.3. The van der Waals surface area contributed by atoms with E-state index in [2.05, 4.69) is 10.3 Å². The Morgan fingerprint density at radius 3 is 3.12 bits per heavy atom. The minimum absolute atomic E-state index is 0.0774. The van der Waals surface area contributed by atoms with Crippen LogP contribution in [0.4, 0.5) is 0 Å². The van der Waals surface area contributed by atoms with Crippen molar-refractivity contribution in [2.75, 3.05) is 0 Å². The highest BCUT2D eigenvalue weighted by Gasteiger charge is 2.23. The molecule has 1 aliphatic rings. The summed E-state index contributed by atoms with van der Waals surface area (Å²) in [6.45, 7) is 2.02. The summed E-state index contributed by atoms with van der Waals surface area (Å²) in [6.07, 6.45) is 6.50. The van der Waals surface area contributed by atoms with E-state index in [1.165, 1.54) is 0 Å². The fourth-order valence-corrected chi connectivity index (χ4v) is 1.96. The molecule has 0 unspecified atom stereocenters. The van der Waals surface area contributed by atoms with Gasteiger partial charge in [0.1, 0.15) is 5.65 Å². The van der Waals surface area contributed by atoms with Crippen LogP contribution in [0.1, 0.15) is 24.1 Å². The highest BCUT2D eigenvalue weighted by Crippen LogP contribution is 2.18. The Labute approximate surface area is 99.7 Å². The molecular formula is C13H15N3O. The van der Waals surface area contributed by atoms with Crippen molar-refractivity contribution < 1.29 is 4.79 Å². The van der Waals surface area contributed by atoms with E-state index in [9.17, 15) is 4.79 Å². The molecule has 4 nitrogen and oxygen atoms in total. The maximum Gasteiger partial charge on any atom is 0.226 e. The number of pyridine rings is 1. The molecule has 3 rings (SSSR count). The summed E-state index contributed by atoms with van der Waals surface area (Å²) >= 11 is 0. The molecule has 1 amide bonds. The predicted octanol–water partition coefficient (Wildman–Crippen LogP) is 1.46. The van der Waals surface area contributed by atoms with Crippen molar-refractivity contribution in [2.24, 2.45) is 0 Å². The van der Waals surface area contributed by atoms with Crippen molar-refractivity contribution in [3.63, 3.8) is 0 Å². The number of hydrogen-bond donors (Lipinski definition) is 1. The Hall–Kier alpha value is -1.84. The van der Waals surface area contributed by atoms with E-state index in [0.717, 1.165) is 29.7 Å². The molecule has 1 aliphatic carbocycles. The molecule has 0 spiro atoms. The van der Waals surface area contributed by atoms with E-state index in [-0.39, 0.29) is 5.91 Å². The van der Waals surface area contributed by atoms with Gasteiger partial charge in [-0.15, -0.1) is 0 Å². The summed E-state index contributed by atoms with van der Waals surface area (Å²) in [5, 5.41) is 2.97. The third-order valence-electron chi connectivity index (χ3n) is 3.01. The Morgan fingerprint density at radius 2 is 2.41 bits per heavy atom. The highest BCUT2D eigenvalue weighted by atomic mass is 16.1. The van der Waals surface area contributed by atoms with Gasteiger partial charge in [0.25, 0.3) is 0 Å². The molecule has 1 fully saturated rings. The Kier molecular flexibility index (Phi) is 2.35. The average Bonchev–Trinajstić information content (AvgIpc) is 2.97. The zero-order chi connectivity index (χ0) is 11.8. The lowest BCUT2D eigenvalue weighted by molar-refractivity contribution is -0.120. The van der Waals surface area contributed by atoms with Crippen molar-refractivity contribution in [1.29, 1.82) is 0 Å². The number of hydrogen-bond acceptors (Lipinski definition) is 2. The van der Waals surface area contributed by atoms with Gasteiger partial charge in [0.2, 0.25) is 5.91 Å². The van der Waals surface area contributed by atoms with Crippen LogP contribution >= 0.6 is 0 Å². The Bertz CT molecular complexity index is 569. The second-order valence-electron chi connectivity index (χ2n) is 4.67. The summed E-state index contributed by atoms with van der Waals surface area (Å²) < 4.78 is 1.97. The maximum absolute atomic E-state index is 11.7. The van der Waals surface area contributed by atoms with Gasteiger partial charge in [0.15, 0.2) is 0 Å². The van der Waals surface area contributed by atoms with Gasteiger partial charge >= 0.3 is 0 Å². The topological polar surface area (TPSA) is 46.4 Å². The Morgan fingerprint density at radius 1 is 1.59 bits per heavy atom. The van der Waals surface area contributed by atoms with Crippen LogP contribution < -0.4 is 5.32 Å². The molecule has 2 heterocycles. The van der Waals surface area contributed by atoms with Gasteiger partial charge < -0.3 is 9.72 Å². The first kappa shape index (κ1) is 10.3. The fraction of sp³-hybridized carbons (Fsp3) is 0.385. The second kappa shape index (κ2) is 3.87. The molecule has 2 aromatic heterocycles. The number of carbonyl (C=O) groups is 1. The normalized spacial score (nSPS) is 15.1. The average molecular weight is 229 g/mol. The van der Waals surface area contributed by atoms with Gasteiger partial charge in [-0.05, 0) is 31.4 Å². The van der Waals surface area contributed by atoms with Gasteiger partial charge in [-0.2, -0.15) is 0 Å². The van der Waals surface area contributed by atoms with E-state index in [1.807, 2.05) is 35.9 Å². The number of imidazole rings is 1. The first-order valence-electron chi connectivity index (χ1n) is 5.95. The number of aryl methyl sites for hydroxylation is 1. The number of aromatic nitrogens is 2. The van der Waals surface area contributed by atoms with Crippen LogP contribution in [0.2, 0.25) is 0 Å². The quantitative estimate of drug-likeness (QED) is 0.866. The highest BCUT2D eigenvalue weighted by molar-refractivity contribution is 5.78. The molecule has 0 saturated heterocycles. The molecule has 0 aromatic carbocycles. The van der Waals surface area contributed by atoms with Crippen LogP contribution in [0.15, 0.2) is 24.5 Å². The fourth-order valence-electron chi connectivity index (χ4n) is 1.96. The van der Waals surface area contributed by atoms with Crippen molar-refractivity contribution >= 4 is 11.6 Å². The molecule has 4 heteroatoms. The minimum Gasteiger partial charge on any atom is -0.353 e. The number of rotatable bonds is 3. The summed E-state index contributed by atoms with van der Waals surface area (Å²) in [6, 6.07) is 4.43. The number of fused-ring (bicyclic) bond motifs is 1. The van der Waals surface area contributed by atoms with Crippen molar-refractivity contribution in [3.8, 4) is 0 Å². The second-order valence-corrected chi connectivity index (χ2v) is 4.67. The van der Waals surface area contributed by atoms with Gasteiger partial charge in [-0.3, -0.25) is 4.79 Å². The first-order valence-corrected chi connectivity index (χ1v) is 5.95. The van der Waals surface area contributed by atoms with Gasteiger partial charge in [-0.1, -0.05) is 6.07 Å². The number of amides is 1. The van der Waals surface area contributed by atoms with Crippen molar-refractivity contribution in [2.45, 2.75) is 32.2 Å². The smallest absolute Gasteiger partial charge is 0.226 e. The standard InChI is InChI=1S/C13H15N3O/c1-9-3-2-6-16-8-11(15-13(9)16)7-12(17)14-10-4-5-10/h2-3,6,8,10H,4-5,7H2,1H3,(H,14,17). The van der Waals surface area contributed by atoms with Gasteiger partial charge in [0, 0.05) is 18.4 Å². The molecule has 88 valence electrons. The zero-order valence-electron chi connectivity index (χ0n) is 9.81. The van der Waals surface area contributed by atoms with E-state index >= 15 is 0 Å². The molecule has 0 bridgehead atoms. The number of carbonyl (C=O) groups excluding carboxylic acids is 1. The van der Waals surface area contributed by atoms with Crippen LogP contribution in [-0.4, -0.2) is 21.3 Å². The summed E-state index contributed by atoms with van der Waals surface area (Å²) in [5.41, 5.74) is 2.89. The molecule has 0 radical (unpaired) electrons. The number of nitrogens with one attached hydrogen (secondary N) is 1. The minimum atomic E-state index is 0.0774. The van der Waals surface area contributed by atoms with Crippen LogP contribution in [0.25, 0.3) is 5.65 Å².